The van der Waals surface area contributed by atoms with E-state index < -0.39 is 5.91 Å². The lowest BCUT2D eigenvalue weighted by molar-refractivity contribution is -0.135. The summed E-state index contributed by atoms with van der Waals surface area (Å²) in [5, 5.41) is 0. The molecular formula is C16H25N3O2. The van der Waals surface area contributed by atoms with Crippen LogP contribution in [-0.4, -0.2) is 29.8 Å². The van der Waals surface area contributed by atoms with E-state index in [1.165, 1.54) is 4.90 Å². The summed E-state index contributed by atoms with van der Waals surface area (Å²) in [6.45, 7) is 4.49. The first kappa shape index (κ1) is 17.2. The standard InChI is InChI=1S/C16H25N3O2/c1-12(2)10-19(11-15(18)20)16(21)9-8-14(17)13-6-4-3-5-7-13/h3-7,12,14H,8-11,17H2,1-2H3,(H2,18,20). The Morgan fingerprint density at radius 1 is 1.19 bits per heavy atom. The van der Waals surface area contributed by atoms with E-state index in [2.05, 4.69) is 0 Å². The van der Waals surface area contributed by atoms with Crippen molar-refractivity contribution in [2.75, 3.05) is 13.1 Å². The predicted octanol–water partition coefficient (Wildman–Crippen LogP) is 1.44. The van der Waals surface area contributed by atoms with Gasteiger partial charge in [-0.25, -0.2) is 0 Å². The van der Waals surface area contributed by atoms with Crippen LogP contribution in [0.5, 0.6) is 0 Å². The molecule has 116 valence electrons. The highest BCUT2D eigenvalue weighted by atomic mass is 16.2. The smallest absolute Gasteiger partial charge is 0.237 e. The Hall–Kier alpha value is -1.88. The monoisotopic (exact) mass is 291 g/mol. The van der Waals surface area contributed by atoms with Crippen molar-refractivity contribution in [3.8, 4) is 0 Å². The summed E-state index contributed by atoms with van der Waals surface area (Å²) in [4.78, 5) is 24.8. The van der Waals surface area contributed by atoms with Crippen molar-refractivity contribution in [2.24, 2.45) is 17.4 Å². The van der Waals surface area contributed by atoms with Gasteiger partial charge in [-0.15, -0.1) is 0 Å². The molecule has 0 spiro atoms. The highest BCUT2D eigenvalue weighted by Gasteiger charge is 2.18. The van der Waals surface area contributed by atoms with Crippen molar-refractivity contribution < 1.29 is 9.59 Å². The van der Waals surface area contributed by atoms with Crippen LogP contribution in [0.25, 0.3) is 0 Å². The van der Waals surface area contributed by atoms with E-state index in [1.54, 1.807) is 0 Å². The maximum Gasteiger partial charge on any atom is 0.237 e. The summed E-state index contributed by atoms with van der Waals surface area (Å²) in [6, 6.07) is 9.50. The van der Waals surface area contributed by atoms with Gasteiger partial charge in [0.2, 0.25) is 11.8 Å². The number of rotatable bonds is 8. The molecule has 0 aliphatic rings. The lowest BCUT2D eigenvalue weighted by atomic mass is 10.0. The minimum Gasteiger partial charge on any atom is -0.368 e. The predicted molar refractivity (Wildman–Crippen MR) is 83.2 cm³/mol. The van der Waals surface area contributed by atoms with E-state index in [1.807, 2.05) is 44.2 Å². The van der Waals surface area contributed by atoms with E-state index in [0.717, 1.165) is 5.56 Å². The maximum atomic E-state index is 12.2. The number of nitrogens with two attached hydrogens (primary N) is 2. The van der Waals surface area contributed by atoms with Gasteiger partial charge in [-0.2, -0.15) is 0 Å². The molecule has 1 rings (SSSR count). The Morgan fingerprint density at radius 3 is 2.33 bits per heavy atom. The van der Waals surface area contributed by atoms with Crippen LogP contribution in [0.2, 0.25) is 0 Å². The zero-order chi connectivity index (χ0) is 15.8. The average Bonchev–Trinajstić information content (AvgIpc) is 2.43. The SMILES string of the molecule is CC(C)CN(CC(N)=O)C(=O)CCC(N)c1ccccc1. The van der Waals surface area contributed by atoms with Crippen molar-refractivity contribution in [3.05, 3.63) is 35.9 Å². The fraction of sp³-hybridized carbons (Fsp3) is 0.500. The van der Waals surface area contributed by atoms with Crippen LogP contribution >= 0.6 is 0 Å². The minimum absolute atomic E-state index is 0.0302. The quantitative estimate of drug-likeness (QED) is 0.759. The second-order valence-corrected chi connectivity index (χ2v) is 5.69. The van der Waals surface area contributed by atoms with Gasteiger partial charge in [-0.05, 0) is 17.9 Å². The molecule has 21 heavy (non-hydrogen) atoms. The maximum absolute atomic E-state index is 12.2. The Balaban J connectivity index is 2.54. The molecule has 0 saturated heterocycles. The van der Waals surface area contributed by atoms with Crippen molar-refractivity contribution in [1.82, 2.24) is 4.90 Å². The normalized spacial score (nSPS) is 12.2. The molecule has 4 N–H and O–H groups in total. The number of benzene rings is 1. The van der Waals surface area contributed by atoms with Crippen LogP contribution in [-0.2, 0) is 9.59 Å². The highest BCUT2D eigenvalue weighted by Crippen LogP contribution is 2.16. The third-order valence-electron chi connectivity index (χ3n) is 3.18. The first-order valence-electron chi connectivity index (χ1n) is 7.26. The number of primary amides is 1. The Morgan fingerprint density at radius 2 is 1.81 bits per heavy atom. The Bertz CT molecular complexity index is 460. The van der Waals surface area contributed by atoms with Crippen molar-refractivity contribution >= 4 is 11.8 Å². The average molecular weight is 291 g/mol. The van der Waals surface area contributed by atoms with Gasteiger partial charge in [0.05, 0.1) is 6.54 Å². The van der Waals surface area contributed by atoms with Gasteiger partial charge in [-0.1, -0.05) is 44.2 Å². The van der Waals surface area contributed by atoms with E-state index in [-0.39, 0.29) is 24.4 Å². The van der Waals surface area contributed by atoms with Gasteiger partial charge in [0, 0.05) is 19.0 Å². The fourth-order valence-electron chi connectivity index (χ4n) is 2.19. The van der Waals surface area contributed by atoms with E-state index >= 15 is 0 Å². The fourth-order valence-corrected chi connectivity index (χ4v) is 2.19. The van der Waals surface area contributed by atoms with Crippen LogP contribution in [0, 0.1) is 5.92 Å². The van der Waals surface area contributed by atoms with Crippen molar-refractivity contribution in [3.63, 3.8) is 0 Å². The first-order valence-corrected chi connectivity index (χ1v) is 7.26. The molecule has 0 aliphatic heterocycles. The molecule has 0 fully saturated rings. The molecule has 5 heteroatoms. The van der Waals surface area contributed by atoms with Gasteiger partial charge < -0.3 is 16.4 Å². The highest BCUT2D eigenvalue weighted by molar-refractivity contribution is 5.83. The number of hydrogen-bond donors (Lipinski definition) is 2. The van der Waals surface area contributed by atoms with Gasteiger partial charge in [-0.3, -0.25) is 9.59 Å². The lowest BCUT2D eigenvalue weighted by Crippen LogP contribution is -2.40. The van der Waals surface area contributed by atoms with Gasteiger partial charge >= 0.3 is 0 Å². The number of carbonyl (C=O) groups excluding carboxylic acids is 2. The number of amides is 2. The van der Waals surface area contributed by atoms with Crippen LogP contribution in [0.4, 0.5) is 0 Å². The second-order valence-electron chi connectivity index (χ2n) is 5.69. The molecule has 1 atom stereocenters. The zero-order valence-electron chi connectivity index (χ0n) is 12.8. The topological polar surface area (TPSA) is 89.4 Å². The van der Waals surface area contributed by atoms with Gasteiger partial charge in [0.25, 0.3) is 0 Å². The third-order valence-corrected chi connectivity index (χ3v) is 3.18. The van der Waals surface area contributed by atoms with E-state index in [9.17, 15) is 9.59 Å². The first-order chi connectivity index (χ1) is 9.90. The summed E-state index contributed by atoms with van der Waals surface area (Å²) in [5.41, 5.74) is 12.3. The van der Waals surface area contributed by atoms with Crippen molar-refractivity contribution in [2.45, 2.75) is 32.7 Å². The van der Waals surface area contributed by atoms with Crippen LogP contribution < -0.4 is 11.5 Å². The summed E-state index contributed by atoms with van der Waals surface area (Å²) in [7, 11) is 0. The molecule has 1 aromatic rings. The van der Waals surface area contributed by atoms with E-state index in [4.69, 9.17) is 11.5 Å². The number of carbonyl (C=O) groups is 2. The van der Waals surface area contributed by atoms with Gasteiger partial charge in [0.1, 0.15) is 0 Å². The molecule has 0 saturated carbocycles. The summed E-state index contributed by atoms with van der Waals surface area (Å²) in [5.74, 6) is -0.277. The number of nitrogens with zero attached hydrogens (tertiary/aromatic N) is 1. The third kappa shape index (κ3) is 6.40. The molecule has 1 aromatic carbocycles. The molecule has 5 nitrogen and oxygen atoms in total. The molecule has 0 heterocycles. The molecule has 1 unspecified atom stereocenters. The number of hydrogen-bond acceptors (Lipinski definition) is 3. The summed E-state index contributed by atoms with van der Waals surface area (Å²) in [6.07, 6.45) is 0.867. The molecule has 0 bridgehead atoms. The minimum atomic E-state index is -0.489. The molecule has 2 amide bonds. The second kappa shape index (κ2) is 8.42. The summed E-state index contributed by atoms with van der Waals surface area (Å²) >= 11 is 0. The zero-order valence-corrected chi connectivity index (χ0v) is 12.8. The Kier molecular flexibility index (Phi) is 6.88. The molecule has 0 radical (unpaired) electrons. The summed E-state index contributed by atoms with van der Waals surface area (Å²) < 4.78 is 0. The van der Waals surface area contributed by atoms with Crippen molar-refractivity contribution in [1.29, 1.82) is 0 Å². The molecule has 0 aromatic heterocycles. The lowest BCUT2D eigenvalue weighted by Gasteiger charge is -2.24. The Labute approximate surface area is 126 Å². The van der Waals surface area contributed by atoms with Crippen LogP contribution in [0.15, 0.2) is 30.3 Å². The molecular weight excluding hydrogens is 266 g/mol. The van der Waals surface area contributed by atoms with Crippen LogP contribution in [0.1, 0.15) is 38.3 Å². The van der Waals surface area contributed by atoms with E-state index in [0.29, 0.717) is 19.4 Å². The van der Waals surface area contributed by atoms with Gasteiger partial charge in [0.15, 0.2) is 0 Å². The molecule has 0 aliphatic carbocycles. The largest absolute Gasteiger partial charge is 0.368 e. The van der Waals surface area contributed by atoms with Crippen LogP contribution in [0.3, 0.4) is 0 Å².